The van der Waals surface area contributed by atoms with E-state index in [1.165, 1.54) is 17.3 Å². The van der Waals surface area contributed by atoms with Crippen LogP contribution in [0, 0.1) is 0 Å². The van der Waals surface area contributed by atoms with Gasteiger partial charge in [-0.3, -0.25) is 4.79 Å². The van der Waals surface area contributed by atoms with E-state index in [2.05, 4.69) is 10.1 Å². The first-order valence-electron chi connectivity index (χ1n) is 4.11. The van der Waals surface area contributed by atoms with Gasteiger partial charge >= 0.3 is 0 Å². The highest BCUT2D eigenvalue weighted by molar-refractivity contribution is 5.75. The summed E-state index contributed by atoms with van der Waals surface area (Å²) in [4.78, 5) is 14.6. The zero-order chi connectivity index (χ0) is 11.3. The molecule has 8 heteroatoms. The number of carbonyl (C=O) groups excluding carboxylic acids is 1. The molecule has 15 heavy (non-hydrogen) atoms. The Morgan fingerprint density at radius 3 is 2.87 bits per heavy atom. The number of alkyl halides is 2. The lowest BCUT2D eigenvalue weighted by Crippen LogP contribution is -2.40. The number of nitrogens with zero attached hydrogens (tertiary/aromatic N) is 3. The van der Waals surface area contributed by atoms with Gasteiger partial charge in [-0.25, -0.2) is 18.4 Å². The van der Waals surface area contributed by atoms with Gasteiger partial charge < -0.3 is 10.4 Å². The van der Waals surface area contributed by atoms with Gasteiger partial charge in [0.2, 0.25) is 5.91 Å². The Kier molecular flexibility index (Phi) is 3.67. The van der Waals surface area contributed by atoms with E-state index in [9.17, 15) is 13.6 Å². The lowest BCUT2D eigenvalue weighted by Gasteiger charge is -2.13. The van der Waals surface area contributed by atoms with Crippen molar-refractivity contribution >= 4 is 5.91 Å². The Hall–Kier alpha value is -1.57. The molecule has 1 rings (SSSR count). The highest BCUT2D eigenvalue weighted by Gasteiger charge is 2.28. The van der Waals surface area contributed by atoms with Crippen molar-refractivity contribution in [2.75, 3.05) is 13.2 Å². The number of halogens is 2. The molecule has 0 atom stereocenters. The van der Waals surface area contributed by atoms with Crippen molar-refractivity contribution in [2.24, 2.45) is 0 Å². The summed E-state index contributed by atoms with van der Waals surface area (Å²) in [7, 11) is 0. The number of aliphatic hydroxyl groups is 1. The van der Waals surface area contributed by atoms with E-state index in [-0.39, 0.29) is 6.54 Å². The topological polar surface area (TPSA) is 80.0 Å². The van der Waals surface area contributed by atoms with Crippen LogP contribution in [0.15, 0.2) is 12.7 Å². The van der Waals surface area contributed by atoms with Gasteiger partial charge in [0.1, 0.15) is 25.8 Å². The van der Waals surface area contributed by atoms with Crippen molar-refractivity contribution in [3.05, 3.63) is 12.7 Å². The van der Waals surface area contributed by atoms with E-state index >= 15 is 0 Å². The fraction of sp³-hybridized carbons (Fsp3) is 0.571. The van der Waals surface area contributed by atoms with Crippen LogP contribution in [-0.4, -0.2) is 44.9 Å². The SMILES string of the molecule is O=C(Cn1cncn1)NCC(F)(F)CO. The standard InChI is InChI=1S/C7H10F2N4O2/c8-7(9,3-14)2-11-6(15)1-13-5-10-4-12-13/h4-5,14H,1-3H2,(H,11,15). The summed E-state index contributed by atoms with van der Waals surface area (Å²) < 4.78 is 26.2. The molecule has 0 radical (unpaired) electrons. The molecule has 1 aromatic rings. The van der Waals surface area contributed by atoms with Crippen LogP contribution in [0.2, 0.25) is 0 Å². The summed E-state index contributed by atoms with van der Waals surface area (Å²) in [5.41, 5.74) is 0. The third-order valence-electron chi connectivity index (χ3n) is 1.55. The molecule has 1 amide bonds. The molecule has 1 heterocycles. The maximum Gasteiger partial charge on any atom is 0.287 e. The highest BCUT2D eigenvalue weighted by Crippen LogP contribution is 2.09. The molecule has 0 saturated heterocycles. The van der Waals surface area contributed by atoms with Crippen LogP contribution in [0.5, 0.6) is 0 Å². The second-order valence-electron chi connectivity index (χ2n) is 2.88. The molecule has 2 N–H and O–H groups in total. The Balaban J connectivity index is 2.31. The molecule has 0 unspecified atom stereocenters. The fourth-order valence-electron chi connectivity index (χ4n) is 0.801. The van der Waals surface area contributed by atoms with Gasteiger partial charge in [0.05, 0.1) is 6.54 Å². The molecule has 0 aliphatic heterocycles. The summed E-state index contributed by atoms with van der Waals surface area (Å²) in [6, 6.07) is 0. The van der Waals surface area contributed by atoms with Crippen LogP contribution in [-0.2, 0) is 11.3 Å². The van der Waals surface area contributed by atoms with E-state index in [4.69, 9.17) is 5.11 Å². The van der Waals surface area contributed by atoms with Gasteiger partial charge in [-0.2, -0.15) is 5.10 Å². The van der Waals surface area contributed by atoms with E-state index < -0.39 is 25.0 Å². The van der Waals surface area contributed by atoms with Gasteiger partial charge in [-0.1, -0.05) is 0 Å². The molecule has 0 aromatic carbocycles. The Bertz CT molecular complexity index is 315. The number of carbonyl (C=O) groups is 1. The number of aromatic nitrogens is 3. The van der Waals surface area contributed by atoms with Crippen LogP contribution in [0.3, 0.4) is 0 Å². The molecule has 1 aromatic heterocycles. The number of rotatable bonds is 5. The van der Waals surface area contributed by atoms with Gasteiger partial charge in [0.25, 0.3) is 5.92 Å². The molecule has 0 aliphatic carbocycles. The molecular formula is C7H10F2N4O2. The number of aliphatic hydroxyl groups excluding tert-OH is 1. The third kappa shape index (κ3) is 3.98. The first-order chi connectivity index (χ1) is 7.03. The molecule has 0 saturated carbocycles. The van der Waals surface area contributed by atoms with Gasteiger partial charge in [0, 0.05) is 0 Å². The fourth-order valence-corrected chi connectivity index (χ4v) is 0.801. The minimum absolute atomic E-state index is 0.179. The summed E-state index contributed by atoms with van der Waals surface area (Å²) >= 11 is 0. The maximum atomic E-state index is 12.5. The van der Waals surface area contributed by atoms with Crippen LogP contribution in [0.1, 0.15) is 0 Å². The van der Waals surface area contributed by atoms with Crippen LogP contribution < -0.4 is 5.32 Å². The van der Waals surface area contributed by atoms with Crippen LogP contribution >= 0.6 is 0 Å². The summed E-state index contributed by atoms with van der Waals surface area (Å²) in [6.07, 6.45) is 2.53. The normalized spacial score (nSPS) is 11.4. The number of nitrogens with one attached hydrogen (secondary N) is 1. The molecule has 84 valence electrons. The molecule has 0 spiro atoms. The smallest absolute Gasteiger partial charge is 0.287 e. The van der Waals surface area contributed by atoms with E-state index in [1.54, 1.807) is 0 Å². The van der Waals surface area contributed by atoms with Crippen LogP contribution in [0.4, 0.5) is 8.78 Å². The van der Waals surface area contributed by atoms with Gasteiger partial charge in [-0.05, 0) is 0 Å². The van der Waals surface area contributed by atoms with E-state index in [0.717, 1.165) is 0 Å². The number of hydrogen-bond acceptors (Lipinski definition) is 4. The summed E-state index contributed by atoms with van der Waals surface area (Å²) in [5, 5.41) is 13.8. The quantitative estimate of drug-likeness (QED) is 0.668. The van der Waals surface area contributed by atoms with Crippen molar-refractivity contribution < 1.29 is 18.7 Å². The zero-order valence-corrected chi connectivity index (χ0v) is 7.73. The number of amides is 1. The zero-order valence-electron chi connectivity index (χ0n) is 7.73. The van der Waals surface area contributed by atoms with Gasteiger partial charge in [-0.15, -0.1) is 0 Å². The summed E-state index contributed by atoms with van der Waals surface area (Å²) in [6.45, 7) is -2.37. The average Bonchev–Trinajstić information content (AvgIpc) is 2.68. The Morgan fingerprint density at radius 2 is 2.33 bits per heavy atom. The molecule has 0 fully saturated rings. The van der Waals surface area contributed by atoms with Crippen molar-refractivity contribution in [3.63, 3.8) is 0 Å². The van der Waals surface area contributed by atoms with Crippen molar-refractivity contribution in [3.8, 4) is 0 Å². The maximum absolute atomic E-state index is 12.5. The molecule has 0 bridgehead atoms. The lowest BCUT2D eigenvalue weighted by atomic mass is 10.3. The summed E-state index contributed by atoms with van der Waals surface area (Å²) in [5.74, 6) is -3.91. The highest BCUT2D eigenvalue weighted by atomic mass is 19.3. The monoisotopic (exact) mass is 220 g/mol. The van der Waals surface area contributed by atoms with Crippen LogP contribution in [0.25, 0.3) is 0 Å². The minimum Gasteiger partial charge on any atom is -0.390 e. The Morgan fingerprint density at radius 1 is 1.60 bits per heavy atom. The largest absolute Gasteiger partial charge is 0.390 e. The molecular weight excluding hydrogens is 210 g/mol. The van der Waals surface area contributed by atoms with Crippen molar-refractivity contribution in [1.29, 1.82) is 0 Å². The lowest BCUT2D eigenvalue weighted by molar-refractivity contribution is -0.124. The predicted molar refractivity (Wildman–Crippen MR) is 45.1 cm³/mol. The van der Waals surface area contributed by atoms with E-state index in [0.29, 0.717) is 0 Å². The predicted octanol–water partition coefficient (Wildman–Crippen LogP) is -0.978. The first-order valence-corrected chi connectivity index (χ1v) is 4.11. The van der Waals surface area contributed by atoms with E-state index in [1.807, 2.05) is 5.32 Å². The third-order valence-corrected chi connectivity index (χ3v) is 1.55. The van der Waals surface area contributed by atoms with Gasteiger partial charge in [0.15, 0.2) is 0 Å². The van der Waals surface area contributed by atoms with Crippen molar-refractivity contribution in [2.45, 2.75) is 12.5 Å². The Labute approximate surface area is 83.9 Å². The second kappa shape index (κ2) is 4.78. The minimum atomic E-state index is -3.29. The van der Waals surface area contributed by atoms with Crippen molar-refractivity contribution in [1.82, 2.24) is 20.1 Å². The number of hydrogen-bond donors (Lipinski definition) is 2. The second-order valence-corrected chi connectivity index (χ2v) is 2.88. The average molecular weight is 220 g/mol. The molecule has 6 nitrogen and oxygen atoms in total. The molecule has 0 aliphatic rings. The first kappa shape index (κ1) is 11.5.